The molecule has 0 unspecified atom stereocenters. The molecule has 2 aromatic heterocycles. The molecule has 1 fully saturated rings. The van der Waals surface area contributed by atoms with Gasteiger partial charge in [0.1, 0.15) is 17.0 Å². The monoisotopic (exact) mass is 438 g/mol. The summed E-state index contributed by atoms with van der Waals surface area (Å²) < 4.78 is 7.50. The van der Waals surface area contributed by atoms with E-state index in [9.17, 15) is 15.0 Å². The zero-order chi connectivity index (χ0) is 22.9. The number of nitrogens with one attached hydrogen (secondary N) is 1. The first-order valence-corrected chi connectivity index (χ1v) is 11.0. The summed E-state index contributed by atoms with van der Waals surface area (Å²) in [6, 6.07) is 8.98. The number of anilines is 1. The van der Waals surface area contributed by atoms with Gasteiger partial charge in [-0.1, -0.05) is 6.07 Å². The third-order valence-electron chi connectivity index (χ3n) is 6.15. The summed E-state index contributed by atoms with van der Waals surface area (Å²) in [6.07, 6.45) is 5.98. The average Bonchev–Trinajstić information content (AvgIpc) is 3.21. The van der Waals surface area contributed by atoms with Crippen molar-refractivity contribution in [3.8, 4) is 5.75 Å². The molecule has 1 aliphatic rings. The van der Waals surface area contributed by atoms with E-state index in [-0.39, 0.29) is 18.2 Å². The molecule has 8 heteroatoms. The SMILES string of the molecule is COc1cc2nn([C@H]3CC[C@H](CO)CC3)cc2cc1NC(=O)c1cccc(C(C)(C)O)n1. The molecule has 0 atom stereocenters. The lowest BCUT2D eigenvalue weighted by Crippen LogP contribution is -2.21. The number of carbonyl (C=O) groups is 1. The lowest BCUT2D eigenvalue weighted by molar-refractivity contribution is 0.0735. The molecule has 0 aliphatic heterocycles. The molecule has 1 saturated carbocycles. The van der Waals surface area contributed by atoms with Crippen LogP contribution in [0, 0.1) is 5.92 Å². The number of aliphatic hydroxyl groups is 2. The van der Waals surface area contributed by atoms with Gasteiger partial charge < -0.3 is 20.3 Å². The van der Waals surface area contributed by atoms with Crippen molar-refractivity contribution in [2.75, 3.05) is 19.0 Å². The van der Waals surface area contributed by atoms with Gasteiger partial charge >= 0.3 is 0 Å². The molecule has 170 valence electrons. The lowest BCUT2D eigenvalue weighted by Gasteiger charge is -2.27. The highest BCUT2D eigenvalue weighted by atomic mass is 16.5. The third kappa shape index (κ3) is 4.61. The largest absolute Gasteiger partial charge is 0.494 e. The van der Waals surface area contributed by atoms with E-state index in [1.54, 1.807) is 39.2 Å². The molecule has 0 spiro atoms. The van der Waals surface area contributed by atoms with Gasteiger partial charge in [-0.3, -0.25) is 9.48 Å². The van der Waals surface area contributed by atoms with Gasteiger partial charge in [-0.05, 0) is 63.6 Å². The molecule has 3 N–H and O–H groups in total. The number of nitrogens with zero attached hydrogens (tertiary/aromatic N) is 3. The maximum atomic E-state index is 12.9. The molecule has 0 bridgehead atoms. The van der Waals surface area contributed by atoms with Gasteiger partial charge in [0.25, 0.3) is 5.91 Å². The second kappa shape index (κ2) is 8.88. The zero-order valence-electron chi connectivity index (χ0n) is 18.7. The molecule has 8 nitrogen and oxygen atoms in total. The van der Waals surface area contributed by atoms with Gasteiger partial charge in [0.15, 0.2) is 0 Å². The highest BCUT2D eigenvalue weighted by Gasteiger charge is 2.24. The van der Waals surface area contributed by atoms with Crippen LogP contribution in [0.1, 0.15) is 61.8 Å². The number of methoxy groups -OCH3 is 1. The Morgan fingerprint density at radius 2 is 2.00 bits per heavy atom. The summed E-state index contributed by atoms with van der Waals surface area (Å²) in [5.41, 5.74) is 0.820. The molecule has 32 heavy (non-hydrogen) atoms. The van der Waals surface area contributed by atoms with Gasteiger partial charge in [-0.15, -0.1) is 0 Å². The molecular formula is C24H30N4O4. The minimum atomic E-state index is -1.14. The topological polar surface area (TPSA) is 110 Å². The van der Waals surface area contributed by atoms with Crippen molar-refractivity contribution in [2.45, 2.75) is 51.2 Å². The van der Waals surface area contributed by atoms with E-state index in [4.69, 9.17) is 9.84 Å². The van der Waals surface area contributed by atoms with Crippen molar-refractivity contribution in [1.29, 1.82) is 0 Å². The van der Waals surface area contributed by atoms with E-state index in [2.05, 4.69) is 10.3 Å². The normalized spacial score (nSPS) is 19.2. The maximum absolute atomic E-state index is 12.9. The fraction of sp³-hybridized carbons (Fsp3) is 0.458. The second-order valence-corrected chi connectivity index (χ2v) is 9.00. The summed E-state index contributed by atoms with van der Waals surface area (Å²) in [7, 11) is 1.55. The van der Waals surface area contributed by atoms with Gasteiger partial charge in [0.05, 0.1) is 30.0 Å². The quantitative estimate of drug-likeness (QED) is 0.542. The van der Waals surface area contributed by atoms with Crippen LogP contribution in [0.5, 0.6) is 5.75 Å². The van der Waals surface area contributed by atoms with E-state index in [1.807, 2.05) is 23.0 Å². The van der Waals surface area contributed by atoms with E-state index >= 15 is 0 Å². The van der Waals surface area contributed by atoms with Crippen molar-refractivity contribution < 1.29 is 19.7 Å². The zero-order valence-corrected chi connectivity index (χ0v) is 18.7. The molecular weight excluding hydrogens is 408 g/mol. The molecule has 1 amide bonds. The van der Waals surface area contributed by atoms with Gasteiger partial charge in [0, 0.05) is 24.3 Å². The van der Waals surface area contributed by atoms with Crippen LogP contribution in [0.15, 0.2) is 36.5 Å². The summed E-state index contributed by atoms with van der Waals surface area (Å²) in [5.74, 6) is 0.517. The number of aromatic nitrogens is 3. The van der Waals surface area contributed by atoms with Crippen LogP contribution in [-0.2, 0) is 5.60 Å². The predicted molar refractivity (Wildman–Crippen MR) is 122 cm³/mol. The van der Waals surface area contributed by atoms with Gasteiger partial charge in [-0.2, -0.15) is 5.10 Å². The molecule has 3 aromatic rings. The number of rotatable bonds is 6. The predicted octanol–water partition coefficient (Wildman–Crippen LogP) is 3.64. The Kier molecular flexibility index (Phi) is 6.17. The van der Waals surface area contributed by atoms with E-state index in [0.717, 1.165) is 36.6 Å². The molecule has 2 heterocycles. The van der Waals surface area contributed by atoms with Crippen molar-refractivity contribution in [2.24, 2.45) is 5.92 Å². The number of hydrogen-bond donors (Lipinski definition) is 3. The number of benzene rings is 1. The standard InChI is InChI=1S/C24H30N4O4/c1-24(2,31)22-6-4-5-18(25-22)23(30)26-20-11-16-13-28(27-19(16)12-21(20)32-3)17-9-7-15(14-29)8-10-17/h4-6,11-13,15,17,29,31H,7-10,14H2,1-3H3,(H,26,30)/t15-,17-. The first-order valence-electron chi connectivity index (χ1n) is 11.0. The number of fused-ring (bicyclic) bond motifs is 1. The van der Waals surface area contributed by atoms with Crippen molar-refractivity contribution in [3.63, 3.8) is 0 Å². The first-order chi connectivity index (χ1) is 15.3. The smallest absolute Gasteiger partial charge is 0.274 e. The van der Waals surface area contributed by atoms with Crippen molar-refractivity contribution in [3.05, 3.63) is 47.9 Å². The molecule has 0 saturated heterocycles. The number of amides is 1. The highest BCUT2D eigenvalue weighted by Crippen LogP contribution is 2.35. The van der Waals surface area contributed by atoms with Crippen LogP contribution in [0.25, 0.3) is 10.9 Å². The van der Waals surface area contributed by atoms with Crippen LogP contribution in [0.3, 0.4) is 0 Å². The number of ether oxygens (including phenoxy) is 1. The highest BCUT2D eigenvalue weighted by molar-refractivity contribution is 6.05. The number of carbonyl (C=O) groups excluding carboxylic acids is 1. The number of hydrogen-bond acceptors (Lipinski definition) is 6. The maximum Gasteiger partial charge on any atom is 0.274 e. The summed E-state index contributed by atoms with van der Waals surface area (Å²) in [4.78, 5) is 17.2. The summed E-state index contributed by atoms with van der Waals surface area (Å²) in [6.45, 7) is 3.51. The number of aliphatic hydroxyl groups excluding tert-OH is 1. The van der Waals surface area contributed by atoms with E-state index in [1.165, 1.54) is 0 Å². The molecule has 4 rings (SSSR count). The van der Waals surface area contributed by atoms with Gasteiger partial charge in [0.2, 0.25) is 0 Å². The fourth-order valence-electron chi connectivity index (χ4n) is 4.21. The van der Waals surface area contributed by atoms with Crippen molar-refractivity contribution >= 4 is 22.5 Å². The molecule has 1 aromatic carbocycles. The Bertz CT molecular complexity index is 1110. The average molecular weight is 439 g/mol. The molecule has 0 radical (unpaired) electrons. The van der Waals surface area contributed by atoms with Crippen LogP contribution in [0.2, 0.25) is 0 Å². The first kappa shape index (κ1) is 22.2. The summed E-state index contributed by atoms with van der Waals surface area (Å²) >= 11 is 0. The Morgan fingerprint density at radius 3 is 2.66 bits per heavy atom. The lowest BCUT2D eigenvalue weighted by atomic mass is 9.87. The molecule has 1 aliphatic carbocycles. The van der Waals surface area contributed by atoms with Gasteiger partial charge in [-0.25, -0.2) is 4.98 Å². The Hall–Kier alpha value is -2.97. The van der Waals surface area contributed by atoms with Crippen LogP contribution in [-0.4, -0.2) is 44.6 Å². The Labute approximate surface area is 187 Å². The van der Waals surface area contributed by atoms with Crippen LogP contribution in [0.4, 0.5) is 5.69 Å². The Morgan fingerprint density at radius 1 is 1.25 bits per heavy atom. The van der Waals surface area contributed by atoms with E-state index in [0.29, 0.717) is 29.1 Å². The fourth-order valence-corrected chi connectivity index (χ4v) is 4.21. The van der Waals surface area contributed by atoms with Crippen LogP contribution < -0.4 is 10.1 Å². The van der Waals surface area contributed by atoms with Crippen molar-refractivity contribution in [1.82, 2.24) is 14.8 Å². The minimum absolute atomic E-state index is 0.211. The number of pyridine rings is 1. The van der Waals surface area contributed by atoms with Crippen LogP contribution >= 0.6 is 0 Å². The summed E-state index contributed by atoms with van der Waals surface area (Å²) in [5, 5.41) is 28.1. The second-order valence-electron chi connectivity index (χ2n) is 9.00. The third-order valence-corrected chi connectivity index (χ3v) is 6.15. The minimum Gasteiger partial charge on any atom is -0.494 e. The van der Waals surface area contributed by atoms with E-state index < -0.39 is 5.60 Å². The Balaban J connectivity index is 1.58.